The molecule has 0 unspecified atom stereocenters. The minimum atomic E-state index is 0.573. The summed E-state index contributed by atoms with van der Waals surface area (Å²) in [7, 11) is 0. The van der Waals surface area contributed by atoms with Crippen LogP contribution in [0.4, 0.5) is 0 Å². The number of nitrogens with zero attached hydrogens (tertiary/aromatic N) is 5. The molecule has 0 spiro atoms. The summed E-state index contributed by atoms with van der Waals surface area (Å²) in [4.78, 5) is 0. The number of hydrogen-bond acceptors (Lipinski definition) is 5. The molecule has 2 aromatic heterocycles. The highest BCUT2D eigenvalue weighted by atomic mass is 32.2. The summed E-state index contributed by atoms with van der Waals surface area (Å²) in [6, 6.07) is 10.4. The van der Waals surface area contributed by atoms with Crippen LogP contribution in [0.5, 0.6) is 5.88 Å². The first-order valence-electron chi connectivity index (χ1n) is 8.57. The van der Waals surface area contributed by atoms with E-state index in [1.54, 1.807) is 11.8 Å². The number of aromatic nitrogens is 5. The van der Waals surface area contributed by atoms with Crippen LogP contribution in [-0.4, -0.2) is 31.2 Å². The van der Waals surface area contributed by atoms with Crippen molar-refractivity contribution in [3.63, 3.8) is 0 Å². The van der Waals surface area contributed by atoms with Gasteiger partial charge in [0.15, 0.2) is 11.0 Å². The minimum absolute atomic E-state index is 0.573. The predicted octanol–water partition coefficient (Wildman–Crippen LogP) is 3.87. The van der Waals surface area contributed by atoms with Gasteiger partial charge in [-0.1, -0.05) is 42.1 Å². The molecule has 0 aliphatic carbocycles. The van der Waals surface area contributed by atoms with Crippen LogP contribution in [0, 0.1) is 0 Å². The number of rotatable bonds is 8. The predicted molar refractivity (Wildman–Crippen MR) is 99.8 cm³/mol. The fraction of sp³-hybridized carbons (Fsp3) is 0.389. The molecular weight excluding hydrogens is 334 g/mol. The Kier molecular flexibility index (Phi) is 5.75. The summed E-state index contributed by atoms with van der Waals surface area (Å²) in [5, 5.41) is 14.2. The molecule has 0 amide bonds. The van der Waals surface area contributed by atoms with E-state index in [0.717, 1.165) is 35.4 Å². The number of benzene rings is 1. The van der Waals surface area contributed by atoms with Gasteiger partial charge >= 0.3 is 0 Å². The van der Waals surface area contributed by atoms with E-state index >= 15 is 0 Å². The fourth-order valence-corrected chi connectivity index (χ4v) is 3.52. The quantitative estimate of drug-likeness (QED) is 0.573. The third-order valence-corrected chi connectivity index (χ3v) is 4.86. The van der Waals surface area contributed by atoms with Crippen LogP contribution in [0.15, 0.2) is 41.7 Å². The van der Waals surface area contributed by atoms with E-state index in [1.165, 1.54) is 5.56 Å². The van der Waals surface area contributed by atoms with E-state index in [4.69, 9.17) is 4.74 Å². The van der Waals surface area contributed by atoms with Crippen molar-refractivity contribution in [2.45, 2.75) is 44.8 Å². The second-order valence-corrected chi connectivity index (χ2v) is 6.40. The highest BCUT2D eigenvalue weighted by Gasteiger charge is 2.20. The molecule has 0 aliphatic heterocycles. The van der Waals surface area contributed by atoms with E-state index in [-0.39, 0.29) is 0 Å². The Bertz CT molecular complexity index is 812. The first kappa shape index (κ1) is 17.5. The van der Waals surface area contributed by atoms with Gasteiger partial charge in [-0.25, -0.2) is 0 Å². The van der Waals surface area contributed by atoms with Gasteiger partial charge in [0.25, 0.3) is 0 Å². The first-order chi connectivity index (χ1) is 12.3. The van der Waals surface area contributed by atoms with Crippen LogP contribution in [0.2, 0.25) is 0 Å². The van der Waals surface area contributed by atoms with Gasteiger partial charge in [-0.15, -0.1) is 15.3 Å². The van der Waals surface area contributed by atoms with Crippen molar-refractivity contribution in [1.82, 2.24) is 24.5 Å². The molecule has 7 heteroatoms. The second kappa shape index (κ2) is 8.20. The lowest BCUT2D eigenvalue weighted by Gasteiger charge is -2.07. The summed E-state index contributed by atoms with van der Waals surface area (Å²) in [6.45, 7) is 8.27. The van der Waals surface area contributed by atoms with E-state index < -0.39 is 0 Å². The average molecular weight is 357 g/mol. The SMILES string of the molecule is CCOc1nn(CC)cc1-c1nnc(SCc2ccccc2)n1CC. The number of aryl methyl sites for hydroxylation is 1. The molecule has 0 saturated carbocycles. The maximum Gasteiger partial charge on any atom is 0.243 e. The van der Waals surface area contributed by atoms with Crippen LogP contribution >= 0.6 is 11.8 Å². The van der Waals surface area contributed by atoms with Crippen molar-refractivity contribution in [3.05, 3.63) is 42.1 Å². The monoisotopic (exact) mass is 357 g/mol. The summed E-state index contributed by atoms with van der Waals surface area (Å²) in [5.41, 5.74) is 2.16. The van der Waals surface area contributed by atoms with Gasteiger partial charge in [-0.2, -0.15) is 0 Å². The summed E-state index contributed by atoms with van der Waals surface area (Å²) >= 11 is 1.69. The average Bonchev–Trinajstić information content (AvgIpc) is 3.24. The van der Waals surface area contributed by atoms with Crippen molar-refractivity contribution < 1.29 is 4.74 Å². The number of hydrogen-bond donors (Lipinski definition) is 0. The molecule has 2 heterocycles. The Labute approximate surface area is 152 Å². The number of ether oxygens (including phenoxy) is 1. The van der Waals surface area contributed by atoms with Crippen molar-refractivity contribution in [1.29, 1.82) is 0 Å². The molecule has 0 atom stereocenters. The lowest BCUT2D eigenvalue weighted by Crippen LogP contribution is -2.01. The van der Waals surface area contributed by atoms with Gasteiger partial charge in [0, 0.05) is 25.0 Å². The molecular formula is C18H23N5OS. The second-order valence-electron chi connectivity index (χ2n) is 5.46. The molecule has 6 nitrogen and oxygen atoms in total. The van der Waals surface area contributed by atoms with Crippen LogP contribution in [0.3, 0.4) is 0 Å². The highest BCUT2D eigenvalue weighted by molar-refractivity contribution is 7.98. The molecule has 0 radical (unpaired) electrons. The summed E-state index contributed by atoms with van der Waals surface area (Å²) in [5.74, 6) is 2.29. The fourth-order valence-electron chi connectivity index (χ4n) is 2.56. The molecule has 3 rings (SSSR count). The summed E-state index contributed by atoms with van der Waals surface area (Å²) < 4.78 is 9.68. The zero-order valence-corrected chi connectivity index (χ0v) is 15.7. The molecule has 1 aromatic carbocycles. The molecule has 0 fully saturated rings. The Morgan fingerprint density at radius 2 is 1.84 bits per heavy atom. The topological polar surface area (TPSA) is 57.8 Å². The van der Waals surface area contributed by atoms with Crippen molar-refractivity contribution >= 4 is 11.8 Å². The number of thioether (sulfide) groups is 1. The van der Waals surface area contributed by atoms with Gasteiger partial charge in [-0.05, 0) is 26.3 Å². The van der Waals surface area contributed by atoms with E-state index in [9.17, 15) is 0 Å². The first-order valence-corrected chi connectivity index (χ1v) is 9.55. The Balaban J connectivity index is 1.88. The van der Waals surface area contributed by atoms with Crippen LogP contribution in [-0.2, 0) is 18.8 Å². The molecule has 0 N–H and O–H groups in total. The summed E-state index contributed by atoms with van der Waals surface area (Å²) in [6.07, 6.45) is 1.98. The van der Waals surface area contributed by atoms with Crippen LogP contribution < -0.4 is 4.74 Å². The normalized spacial score (nSPS) is 11.0. The molecule has 0 aliphatic rings. The zero-order valence-electron chi connectivity index (χ0n) is 14.8. The van der Waals surface area contributed by atoms with Crippen molar-refractivity contribution in [3.8, 4) is 17.3 Å². The molecule has 132 valence electrons. The smallest absolute Gasteiger partial charge is 0.243 e. The Morgan fingerprint density at radius 3 is 2.52 bits per heavy atom. The lowest BCUT2D eigenvalue weighted by atomic mass is 10.2. The highest BCUT2D eigenvalue weighted by Crippen LogP contribution is 2.31. The molecule has 0 saturated heterocycles. The molecule has 3 aromatic rings. The van der Waals surface area contributed by atoms with Crippen molar-refractivity contribution in [2.24, 2.45) is 0 Å². The Hall–Kier alpha value is -2.28. The maximum atomic E-state index is 5.69. The van der Waals surface area contributed by atoms with E-state index in [0.29, 0.717) is 12.5 Å². The third-order valence-electron chi connectivity index (χ3n) is 3.82. The van der Waals surface area contributed by atoms with Crippen LogP contribution in [0.1, 0.15) is 26.3 Å². The van der Waals surface area contributed by atoms with Gasteiger partial charge in [0.05, 0.1) is 6.61 Å². The van der Waals surface area contributed by atoms with Crippen LogP contribution in [0.25, 0.3) is 11.4 Å². The lowest BCUT2D eigenvalue weighted by molar-refractivity contribution is 0.322. The zero-order chi connectivity index (χ0) is 17.6. The molecule has 25 heavy (non-hydrogen) atoms. The van der Waals surface area contributed by atoms with E-state index in [1.807, 2.05) is 23.9 Å². The Morgan fingerprint density at radius 1 is 1.04 bits per heavy atom. The van der Waals surface area contributed by atoms with Gasteiger partial charge in [0.2, 0.25) is 5.88 Å². The standard InChI is InChI=1S/C18H23N5OS/c1-4-22-12-15(17(21-22)24-6-3)16-19-20-18(23(16)5-2)25-13-14-10-8-7-9-11-14/h7-12H,4-6,13H2,1-3H3. The van der Waals surface area contributed by atoms with E-state index in [2.05, 4.69) is 58.0 Å². The maximum absolute atomic E-state index is 5.69. The minimum Gasteiger partial charge on any atom is -0.476 e. The van der Waals surface area contributed by atoms with Gasteiger partial charge < -0.3 is 9.30 Å². The third kappa shape index (κ3) is 3.87. The molecule has 0 bridgehead atoms. The largest absolute Gasteiger partial charge is 0.476 e. The van der Waals surface area contributed by atoms with Gasteiger partial charge in [-0.3, -0.25) is 4.68 Å². The van der Waals surface area contributed by atoms with Crippen molar-refractivity contribution in [2.75, 3.05) is 6.61 Å². The van der Waals surface area contributed by atoms with Gasteiger partial charge in [0.1, 0.15) is 5.56 Å².